The zero-order valence-electron chi connectivity index (χ0n) is 12.7. The summed E-state index contributed by atoms with van der Waals surface area (Å²) in [6.45, 7) is 15.9. The van der Waals surface area contributed by atoms with Gasteiger partial charge in [0.1, 0.15) is 0 Å². The summed E-state index contributed by atoms with van der Waals surface area (Å²) in [5.41, 5.74) is 0.560. The van der Waals surface area contributed by atoms with E-state index in [0.717, 1.165) is 13.1 Å². The maximum atomic E-state index is 3.74. The molecule has 3 nitrogen and oxygen atoms in total. The van der Waals surface area contributed by atoms with Crippen LogP contribution in [0.5, 0.6) is 0 Å². The normalized spacial score (nSPS) is 28.4. The average Bonchev–Trinajstić information content (AvgIpc) is 1.93. The molecule has 3 heteroatoms. The van der Waals surface area contributed by atoms with Gasteiger partial charge in [-0.05, 0) is 39.7 Å². The molecule has 2 N–H and O–H groups in total. The fourth-order valence-electron chi connectivity index (χ4n) is 2.63. The lowest BCUT2D eigenvalue weighted by Gasteiger charge is -2.42. The smallest absolute Gasteiger partial charge is 0.0709 e. The third-order valence-electron chi connectivity index (χ3n) is 2.93. The van der Waals surface area contributed by atoms with Gasteiger partial charge in [-0.15, -0.1) is 0 Å². The zero-order chi connectivity index (χ0) is 13.3. The van der Waals surface area contributed by atoms with E-state index in [4.69, 9.17) is 0 Å². The van der Waals surface area contributed by atoms with Crippen molar-refractivity contribution in [3.8, 4) is 0 Å². The highest BCUT2D eigenvalue weighted by molar-refractivity contribution is 4.88. The van der Waals surface area contributed by atoms with Crippen molar-refractivity contribution in [3.05, 3.63) is 0 Å². The summed E-state index contributed by atoms with van der Waals surface area (Å²) < 4.78 is 0. The molecule has 0 aromatic heterocycles. The third-order valence-corrected chi connectivity index (χ3v) is 2.93. The minimum absolute atomic E-state index is 0.169. The Labute approximate surface area is 107 Å². The first-order valence-electron chi connectivity index (χ1n) is 6.77. The van der Waals surface area contributed by atoms with Gasteiger partial charge in [-0.3, -0.25) is 10.6 Å². The van der Waals surface area contributed by atoms with Gasteiger partial charge in [0.25, 0.3) is 0 Å². The minimum Gasteiger partial charge on any atom is -0.302 e. The molecule has 17 heavy (non-hydrogen) atoms. The Balaban J connectivity index is 2.53. The van der Waals surface area contributed by atoms with E-state index in [-0.39, 0.29) is 5.54 Å². The van der Waals surface area contributed by atoms with E-state index in [1.807, 2.05) is 0 Å². The lowest BCUT2D eigenvalue weighted by Crippen LogP contribution is -2.64. The van der Waals surface area contributed by atoms with Crippen LogP contribution in [0.1, 0.15) is 48.0 Å². The van der Waals surface area contributed by atoms with Gasteiger partial charge in [0, 0.05) is 24.7 Å². The number of hydrogen-bond donors (Lipinski definition) is 2. The second-order valence-corrected chi connectivity index (χ2v) is 7.80. The lowest BCUT2D eigenvalue weighted by molar-refractivity contribution is 0.128. The molecule has 1 rings (SSSR count). The van der Waals surface area contributed by atoms with Crippen LogP contribution in [-0.2, 0) is 0 Å². The summed E-state index contributed by atoms with van der Waals surface area (Å²) in [6, 6.07) is 0.591. The Hall–Kier alpha value is -0.120. The molecule has 0 bridgehead atoms. The molecule has 1 heterocycles. The first kappa shape index (κ1) is 14.9. The number of piperazine rings is 1. The van der Waals surface area contributed by atoms with Gasteiger partial charge in [-0.2, -0.15) is 0 Å². The van der Waals surface area contributed by atoms with Gasteiger partial charge >= 0.3 is 0 Å². The molecule has 1 aliphatic rings. The highest BCUT2D eigenvalue weighted by Gasteiger charge is 2.29. The number of nitrogens with one attached hydrogen (secondary N) is 2. The number of nitrogens with zero attached hydrogens (tertiary/aromatic N) is 1. The summed E-state index contributed by atoms with van der Waals surface area (Å²) in [4.78, 5) is 2.43. The van der Waals surface area contributed by atoms with E-state index in [9.17, 15) is 0 Å². The van der Waals surface area contributed by atoms with Crippen LogP contribution in [0, 0.1) is 5.41 Å². The topological polar surface area (TPSA) is 27.3 Å². The molecule has 0 radical (unpaired) electrons. The van der Waals surface area contributed by atoms with Crippen molar-refractivity contribution in [3.63, 3.8) is 0 Å². The Morgan fingerprint density at radius 3 is 2.18 bits per heavy atom. The highest BCUT2D eigenvalue weighted by Crippen LogP contribution is 2.22. The van der Waals surface area contributed by atoms with Gasteiger partial charge in [-0.1, -0.05) is 20.8 Å². The Kier molecular flexibility index (Phi) is 4.61. The van der Waals surface area contributed by atoms with Crippen molar-refractivity contribution in [2.45, 2.75) is 65.7 Å². The summed E-state index contributed by atoms with van der Waals surface area (Å²) in [7, 11) is 2.22. The monoisotopic (exact) mass is 241 g/mol. The van der Waals surface area contributed by atoms with Crippen molar-refractivity contribution in [2.75, 3.05) is 20.1 Å². The molecule has 1 fully saturated rings. The van der Waals surface area contributed by atoms with Gasteiger partial charge in [0.15, 0.2) is 0 Å². The first-order chi connectivity index (χ1) is 7.55. The molecular weight excluding hydrogens is 210 g/mol. The van der Waals surface area contributed by atoms with E-state index in [1.165, 1.54) is 6.42 Å². The van der Waals surface area contributed by atoms with Crippen LogP contribution in [0.15, 0.2) is 0 Å². The van der Waals surface area contributed by atoms with Crippen LogP contribution in [0.3, 0.4) is 0 Å². The fraction of sp³-hybridized carbons (Fsp3) is 1.00. The molecule has 0 aromatic carbocycles. The molecule has 0 saturated carbocycles. The second-order valence-electron chi connectivity index (χ2n) is 7.80. The van der Waals surface area contributed by atoms with E-state index < -0.39 is 0 Å². The summed E-state index contributed by atoms with van der Waals surface area (Å²) in [5, 5.41) is 7.40. The maximum absolute atomic E-state index is 3.74. The minimum atomic E-state index is 0.169. The first-order valence-corrected chi connectivity index (χ1v) is 6.77. The Bertz CT molecular complexity index is 213. The number of hydrogen-bond acceptors (Lipinski definition) is 3. The number of rotatable bonds is 2. The summed E-state index contributed by atoms with van der Waals surface area (Å²) in [6.07, 6.45) is 1.63. The number of likely N-dealkylation sites (N-methyl/N-ethyl adjacent to an activating group) is 1. The maximum Gasteiger partial charge on any atom is 0.0709 e. The molecular formula is C14H31N3. The molecule has 0 spiro atoms. The van der Waals surface area contributed by atoms with Crippen molar-refractivity contribution in [1.29, 1.82) is 0 Å². The van der Waals surface area contributed by atoms with E-state index in [2.05, 4.69) is 64.1 Å². The molecule has 1 saturated heterocycles. The molecule has 1 unspecified atom stereocenters. The van der Waals surface area contributed by atoms with Gasteiger partial charge in [0.2, 0.25) is 0 Å². The molecule has 2 atom stereocenters. The predicted molar refractivity (Wildman–Crippen MR) is 75.2 cm³/mol. The van der Waals surface area contributed by atoms with Crippen molar-refractivity contribution < 1.29 is 0 Å². The van der Waals surface area contributed by atoms with Crippen LogP contribution < -0.4 is 10.6 Å². The van der Waals surface area contributed by atoms with Crippen LogP contribution in [0.4, 0.5) is 0 Å². The molecule has 102 valence electrons. The molecule has 1 aliphatic heterocycles. The lowest BCUT2D eigenvalue weighted by atomic mass is 9.87. The molecule has 0 aromatic rings. The largest absolute Gasteiger partial charge is 0.302 e. The van der Waals surface area contributed by atoms with Crippen molar-refractivity contribution >= 4 is 0 Å². The summed E-state index contributed by atoms with van der Waals surface area (Å²) >= 11 is 0. The Morgan fingerprint density at radius 2 is 1.71 bits per heavy atom. The van der Waals surface area contributed by atoms with Crippen LogP contribution in [0.2, 0.25) is 0 Å². The third kappa shape index (κ3) is 6.39. The highest BCUT2D eigenvalue weighted by atomic mass is 15.3. The van der Waals surface area contributed by atoms with Crippen molar-refractivity contribution in [2.24, 2.45) is 5.41 Å². The zero-order valence-corrected chi connectivity index (χ0v) is 12.7. The second kappa shape index (κ2) is 5.25. The SMILES string of the molecule is CN1CC(CC(C)(C)C)N[C@H](NC(C)(C)C)C1. The average molecular weight is 241 g/mol. The van der Waals surface area contributed by atoms with Crippen LogP contribution in [0.25, 0.3) is 0 Å². The summed E-state index contributed by atoms with van der Waals surface area (Å²) in [5.74, 6) is 0. The molecule has 0 amide bonds. The predicted octanol–water partition coefficient (Wildman–Crippen LogP) is 2.04. The van der Waals surface area contributed by atoms with E-state index in [0.29, 0.717) is 17.6 Å². The van der Waals surface area contributed by atoms with Gasteiger partial charge < -0.3 is 4.90 Å². The standard InChI is InChI=1S/C14H31N3/c1-13(2,3)8-11-9-17(7)10-12(15-11)16-14(4,5)6/h11-12,15-16H,8-10H2,1-7H3/t11?,12-/m1/s1. The van der Waals surface area contributed by atoms with Gasteiger partial charge in [-0.25, -0.2) is 0 Å². The Morgan fingerprint density at radius 1 is 1.12 bits per heavy atom. The van der Waals surface area contributed by atoms with E-state index >= 15 is 0 Å². The van der Waals surface area contributed by atoms with Gasteiger partial charge in [0.05, 0.1) is 6.17 Å². The molecule has 0 aliphatic carbocycles. The van der Waals surface area contributed by atoms with Crippen molar-refractivity contribution in [1.82, 2.24) is 15.5 Å². The van der Waals surface area contributed by atoms with Crippen LogP contribution in [-0.4, -0.2) is 42.8 Å². The fourth-order valence-corrected chi connectivity index (χ4v) is 2.63. The van der Waals surface area contributed by atoms with E-state index in [1.54, 1.807) is 0 Å². The quantitative estimate of drug-likeness (QED) is 0.775. The van der Waals surface area contributed by atoms with Crippen LogP contribution >= 0.6 is 0 Å².